The molecule has 2 aliphatic rings. The number of hydrogen-bond donors (Lipinski definition) is 0. The molecular formula is C13H24N2. The highest BCUT2D eigenvalue weighted by Gasteiger charge is 2.21. The monoisotopic (exact) mass is 208 g/mol. The second kappa shape index (κ2) is 4.91. The molecule has 0 spiro atoms. The Bertz CT molecular complexity index is 211. The highest BCUT2D eigenvalue weighted by Crippen LogP contribution is 2.22. The van der Waals surface area contributed by atoms with E-state index < -0.39 is 0 Å². The standard InChI is InChI=1S/C13H24N2/c1-12-6-10-15(11-7-12)13(2)14-8-4-3-5-9-14/h12H,2-11H2,1H3. The first-order valence-electron chi connectivity index (χ1n) is 6.46. The number of piperidine rings is 2. The molecule has 0 aromatic rings. The van der Waals surface area contributed by atoms with Crippen LogP contribution in [-0.4, -0.2) is 36.0 Å². The third-order valence-corrected chi connectivity index (χ3v) is 3.87. The van der Waals surface area contributed by atoms with E-state index in [0.717, 1.165) is 5.92 Å². The Hall–Kier alpha value is -0.660. The van der Waals surface area contributed by atoms with Crippen LogP contribution in [0.2, 0.25) is 0 Å². The van der Waals surface area contributed by atoms with E-state index in [1.807, 2.05) is 0 Å². The van der Waals surface area contributed by atoms with E-state index in [4.69, 9.17) is 0 Å². The SMILES string of the molecule is C=C(N1CCCCC1)N1CCC(C)CC1. The first kappa shape index (κ1) is 10.8. The smallest absolute Gasteiger partial charge is 0.0965 e. The van der Waals surface area contributed by atoms with Crippen molar-refractivity contribution < 1.29 is 0 Å². The number of likely N-dealkylation sites (tertiary alicyclic amines) is 2. The van der Waals surface area contributed by atoms with Crippen LogP contribution in [0.3, 0.4) is 0 Å². The van der Waals surface area contributed by atoms with E-state index in [0.29, 0.717) is 0 Å². The molecule has 0 aliphatic carbocycles. The molecule has 0 N–H and O–H groups in total. The molecule has 2 fully saturated rings. The summed E-state index contributed by atoms with van der Waals surface area (Å²) in [7, 11) is 0. The fourth-order valence-corrected chi connectivity index (χ4v) is 2.62. The second-order valence-corrected chi connectivity index (χ2v) is 5.13. The lowest BCUT2D eigenvalue weighted by Crippen LogP contribution is -2.41. The van der Waals surface area contributed by atoms with Crippen LogP contribution in [0.15, 0.2) is 12.4 Å². The van der Waals surface area contributed by atoms with Gasteiger partial charge in [0.25, 0.3) is 0 Å². The summed E-state index contributed by atoms with van der Waals surface area (Å²) in [6.45, 7) is 11.5. The van der Waals surface area contributed by atoms with Crippen molar-refractivity contribution in [1.29, 1.82) is 0 Å². The number of nitrogens with zero attached hydrogens (tertiary/aromatic N) is 2. The molecule has 2 saturated heterocycles. The third kappa shape index (κ3) is 2.67. The number of rotatable bonds is 2. The molecule has 2 heteroatoms. The molecule has 0 unspecified atom stereocenters. The van der Waals surface area contributed by atoms with Crippen LogP contribution >= 0.6 is 0 Å². The summed E-state index contributed by atoms with van der Waals surface area (Å²) in [6, 6.07) is 0. The van der Waals surface area contributed by atoms with Gasteiger partial charge >= 0.3 is 0 Å². The van der Waals surface area contributed by atoms with Gasteiger partial charge in [-0.05, 0) is 38.0 Å². The van der Waals surface area contributed by atoms with Gasteiger partial charge in [0, 0.05) is 26.2 Å². The van der Waals surface area contributed by atoms with Crippen LogP contribution in [0, 0.1) is 5.92 Å². The molecule has 0 aromatic carbocycles. The third-order valence-electron chi connectivity index (χ3n) is 3.87. The van der Waals surface area contributed by atoms with E-state index in [-0.39, 0.29) is 0 Å². The first-order chi connectivity index (χ1) is 7.27. The zero-order chi connectivity index (χ0) is 10.7. The zero-order valence-corrected chi connectivity index (χ0v) is 10.0. The predicted octanol–water partition coefficient (Wildman–Crippen LogP) is 2.68. The highest BCUT2D eigenvalue weighted by atomic mass is 15.3. The van der Waals surface area contributed by atoms with Crippen molar-refractivity contribution in [1.82, 2.24) is 9.80 Å². The largest absolute Gasteiger partial charge is 0.359 e. The molecule has 15 heavy (non-hydrogen) atoms. The van der Waals surface area contributed by atoms with Gasteiger partial charge in [0.2, 0.25) is 0 Å². The molecule has 2 heterocycles. The predicted molar refractivity (Wildman–Crippen MR) is 64.5 cm³/mol. The molecule has 0 aromatic heterocycles. The summed E-state index contributed by atoms with van der Waals surface area (Å²) in [5.41, 5.74) is 0. The second-order valence-electron chi connectivity index (χ2n) is 5.13. The number of hydrogen-bond acceptors (Lipinski definition) is 2. The summed E-state index contributed by atoms with van der Waals surface area (Å²) in [5.74, 6) is 2.21. The lowest BCUT2D eigenvalue weighted by Gasteiger charge is -2.40. The lowest BCUT2D eigenvalue weighted by atomic mass is 9.99. The zero-order valence-electron chi connectivity index (χ0n) is 10.0. The van der Waals surface area contributed by atoms with Crippen LogP contribution in [0.25, 0.3) is 0 Å². The molecule has 0 saturated carbocycles. The molecule has 0 bridgehead atoms. The minimum Gasteiger partial charge on any atom is -0.359 e. The average molecular weight is 208 g/mol. The van der Waals surface area contributed by atoms with Crippen molar-refractivity contribution in [2.45, 2.75) is 39.0 Å². The van der Waals surface area contributed by atoms with Gasteiger partial charge in [-0.1, -0.05) is 13.5 Å². The summed E-state index contributed by atoms with van der Waals surface area (Å²) in [4.78, 5) is 4.98. The van der Waals surface area contributed by atoms with Gasteiger partial charge in [-0.2, -0.15) is 0 Å². The van der Waals surface area contributed by atoms with Crippen LogP contribution in [0.5, 0.6) is 0 Å². The molecule has 2 nitrogen and oxygen atoms in total. The van der Waals surface area contributed by atoms with Crippen LogP contribution in [0.1, 0.15) is 39.0 Å². The summed E-state index contributed by atoms with van der Waals surface area (Å²) < 4.78 is 0. The molecular weight excluding hydrogens is 184 g/mol. The molecule has 2 aliphatic heterocycles. The van der Waals surface area contributed by atoms with Gasteiger partial charge in [0.05, 0.1) is 5.82 Å². The Balaban J connectivity index is 1.84. The van der Waals surface area contributed by atoms with E-state index in [1.54, 1.807) is 0 Å². The quantitative estimate of drug-likeness (QED) is 0.688. The normalized spacial score (nSPS) is 24.3. The molecule has 0 amide bonds. The van der Waals surface area contributed by atoms with Crippen molar-refractivity contribution >= 4 is 0 Å². The average Bonchev–Trinajstić information content (AvgIpc) is 2.30. The Morgan fingerprint density at radius 1 is 0.933 bits per heavy atom. The Morgan fingerprint density at radius 2 is 1.47 bits per heavy atom. The maximum absolute atomic E-state index is 4.28. The fourth-order valence-electron chi connectivity index (χ4n) is 2.62. The molecule has 2 rings (SSSR count). The van der Waals surface area contributed by atoms with Crippen LogP contribution in [-0.2, 0) is 0 Å². The summed E-state index contributed by atoms with van der Waals surface area (Å²) in [6.07, 6.45) is 6.78. The van der Waals surface area contributed by atoms with Crippen molar-refractivity contribution in [2.24, 2.45) is 5.92 Å². The molecule has 86 valence electrons. The van der Waals surface area contributed by atoms with Gasteiger partial charge in [0.15, 0.2) is 0 Å². The van der Waals surface area contributed by atoms with Gasteiger partial charge < -0.3 is 9.80 Å². The van der Waals surface area contributed by atoms with Gasteiger partial charge in [-0.25, -0.2) is 0 Å². The van der Waals surface area contributed by atoms with Crippen LogP contribution < -0.4 is 0 Å². The maximum atomic E-state index is 4.28. The summed E-state index contributed by atoms with van der Waals surface area (Å²) in [5, 5.41) is 0. The first-order valence-corrected chi connectivity index (χ1v) is 6.46. The Labute approximate surface area is 93.9 Å². The lowest BCUT2D eigenvalue weighted by molar-refractivity contribution is 0.151. The van der Waals surface area contributed by atoms with E-state index in [9.17, 15) is 0 Å². The van der Waals surface area contributed by atoms with Crippen molar-refractivity contribution in [3.8, 4) is 0 Å². The Kier molecular flexibility index (Phi) is 3.55. The van der Waals surface area contributed by atoms with E-state index in [1.165, 1.54) is 64.1 Å². The molecule has 0 atom stereocenters. The van der Waals surface area contributed by atoms with Gasteiger partial charge in [-0.3, -0.25) is 0 Å². The van der Waals surface area contributed by atoms with Crippen molar-refractivity contribution in [2.75, 3.05) is 26.2 Å². The van der Waals surface area contributed by atoms with Crippen molar-refractivity contribution in [3.63, 3.8) is 0 Å². The van der Waals surface area contributed by atoms with Crippen molar-refractivity contribution in [3.05, 3.63) is 12.4 Å². The topological polar surface area (TPSA) is 6.48 Å². The molecule has 0 radical (unpaired) electrons. The minimum atomic E-state index is 0.912. The maximum Gasteiger partial charge on any atom is 0.0965 e. The highest BCUT2D eigenvalue weighted by molar-refractivity contribution is 4.96. The van der Waals surface area contributed by atoms with E-state index in [2.05, 4.69) is 23.3 Å². The Morgan fingerprint density at radius 3 is 2.07 bits per heavy atom. The van der Waals surface area contributed by atoms with E-state index >= 15 is 0 Å². The fraction of sp³-hybridized carbons (Fsp3) is 0.846. The van der Waals surface area contributed by atoms with Crippen LogP contribution in [0.4, 0.5) is 0 Å². The summed E-state index contributed by atoms with van der Waals surface area (Å²) >= 11 is 0. The van der Waals surface area contributed by atoms with Gasteiger partial charge in [-0.15, -0.1) is 0 Å². The minimum absolute atomic E-state index is 0.912. The van der Waals surface area contributed by atoms with Gasteiger partial charge in [0.1, 0.15) is 0 Å².